The molecular weight excluding hydrogens is 937 g/mol. The molecule has 6 atom stereocenters. The van der Waals surface area contributed by atoms with Crippen molar-refractivity contribution < 1.29 is 0 Å². The summed E-state index contributed by atoms with van der Waals surface area (Å²) in [5.41, 5.74) is 17.0. The molecule has 18 nitrogen and oxygen atoms in total. The van der Waals surface area contributed by atoms with E-state index in [1.165, 1.54) is 72.8 Å². The number of pyridine rings is 6. The van der Waals surface area contributed by atoms with E-state index >= 15 is 0 Å². The van der Waals surface area contributed by atoms with Crippen LogP contribution >= 0.6 is 0 Å². The van der Waals surface area contributed by atoms with Crippen molar-refractivity contribution in [2.24, 2.45) is 0 Å². The number of aromatic nitrogens is 12. The molecule has 0 aliphatic carbocycles. The summed E-state index contributed by atoms with van der Waals surface area (Å²) in [6.45, 7) is 0. The third-order valence-corrected chi connectivity index (χ3v) is 18.7. The summed E-state index contributed by atoms with van der Waals surface area (Å²) in [6.07, 6.45) is 30.6. The summed E-state index contributed by atoms with van der Waals surface area (Å²) < 4.78 is 0. The molecule has 0 saturated heterocycles. The zero-order chi connectivity index (χ0) is 48.4. The molecule has 0 amide bonds. The highest BCUT2D eigenvalue weighted by atomic mass is 15.4. The lowest BCUT2D eigenvalue weighted by Crippen LogP contribution is -2.37. The van der Waals surface area contributed by atoms with Gasteiger partial charge in [-0.25, -0.2) is 39.9 Å². The first-order valence-corrected chi connectivity index (χ1v) is 26.1. The molecule has 9 aromatic rings. The maximum Gasteiger partial charge on any atom is 0.143 e. The van der Waals surface area contributed by atoms with Gasteiger partial charge in [0, 0.05) is 120 Å². The minimum absolute atomic E-state index is 0.389. The van der Waals surface area contributed by atoms with Crippen molar-refractivity contribution in [1.29, 1.82) is 0 Å². The van der Waals surface area contributed by atoms with Crippen LogP contribution in [0.15, 0.2) is 129 Å². The average molecular weight is 979 g/mol. The van der Waals surface area contributed by atoms with Crippen molar-refractivity contribution in [2.75, 3.05) is 29.4 Å². The van der Waals surface area contributed by atoms with Gasteiger partial charge in [-0.2, -0.15) is 0 Å². The van der Waals surface area contributed by atoms with E-state index in [0.717, 1.165) is 85.1 Å². The Hall–Kier alpha value is -9.06. The van der Waals surface area contributed by atoms with Gasteiger partial charge in [-0.3, -0.25) is 19.9 Å². The Balaban J connectivity index is 0.0000000865. The Morgan fingerprint density at radius 3 is 1.04 bits per heavy atom. The molecule has 21 heterocycles. The van der Waals surface area contributed by atoms with Crippen molar-refractivity contribution in [2.45, 2.75) is 92.5 Å². The van der Waals surface area contributed by atoms with E-state index in [1.807, 2.05) is 74.1 Å². The van der Waals surface area contributed by atoms with Crippen LogP contribution in [0.3, 0.4) is 0 Å². The van der Waals surface area contributed by atoms with Gasteiger partial charge in [0.05, 0.1) is 35.9 Å². The summed E-state index contributed by atoms with van der Waals surface area (Å²) >= 11 is 0. The van der Waals surface area contributed by atoms with Gasteiger partial charge >= 0.3 is 0 Å². The van der Waals surface area contributed by atoms with Crippen LogP contribution in [0.4, 0.5) is 69.3 Å². The van der Waals surface area contributed by atoms with E-state index < -0.39 is 0 Å². The molecule has 12 aliphatic heterocycles. The Morgan fingerprint density at radius 2 is 0.613 bits per heavy atom. The number of nitrogens with zero attached hydrogens (tertiary/aromatic N) is 18. The molecule has 0 fully saturated rings. The van der Waals surface area contributed by atoms with Gasteiger partial charge in [0.2, 0.25) is 0 Å². The molecule has 21 rings (SSSR count). The lowest BCUT2D eigenvalue weighted by molar-refractivity contribution is 0.502. The fourth-order valence-corrected chi connectivity index (χ4v) is 16.2. The Labute approximate surface area is 428 Å². The van der Waals surface area contributed by atoms with Gasteiger partial charge in [-0.15, -0.1) is 0 Å². The minimum atomic E-state index is 0.389. The highest BCUT2D eigenvalue weighted by Gasteiger charge is 2.61. The molecule has 0 radical (unpaired) electrons. The van der Waals surface area contributed by atoms with E-state index in [-0.39, 0.29) is 0 Å². The molecule has 18 heteroatoms. The Bertz CT molecular complexity index is 3360. The minimum Gasteiger partial charge on any atom is -0.321 e. The molecule has 75 heavy (non-hydrogen) atoms. The van der Waals surface area contributed by atoms with Crippen LogP contribution in [-0.4, -0.2) is 96.1 Å². The third-order valence-electron chi connectivity index (χ3n) is 18.7. The van der Waals surface area contributed by atoms with Crippen molar-refractivity contribution in [3.05, 3.63) is 180 Å². The van der Waals surface area contributed by atoms with Gasteiger partial charge < -0.3 is 29.4 Å². The molecule has 0 spiro atoms. The molecule has 9 aromatic heterocycles. The second-order valence-corrected chi connectivity index (χ2v) is 21.7. The smallest absolute Gasteiger partial charge is 0.143 e. The Morgan fingerprint density at radius 1 is 0.280 bits per heavy atom. The first-order valence-electron chi connectivity index (χ1n) is 26.1. The standard InChI is InChI=1S/3C19H14N6/c1-3-20-7-10-5-14-16-15-6-11-8-21-4-2-13(11)25(15)19-17(16)18(22-9-23-19)24(14)12(1)10;1-3-20-7-14-10(1)5-12-16-13-6-11-2-4-21-8-15(11)25(13)19-17(16)18(24(12)14)22-9-23-19;1-3-10-7-12-14-13-8-11-4-2-6-21-17(11)25(13)19-15(14)18(22-9-23-19)24(12)16(10)20-5-1/h1-4,7-9,14-16H,5-6H2;1-4,7-9,12-13,16H,5-6H2;1-6,9,12-14H,7-8H2. The fourth-order valence-electron chi connectivity index (χ4n) is 16.2. The molecule has 0 bridgehead atoms. The van der Waals surface area contributed by atoms with Crippen LogP contribution in [0.25, 0.3) is 0 Å². The second-order valence-electron chi connectivity index (χ2n) is 21.7. The summed E-state index contributed by atoms with van der Waals surface area (Å²) in [7, 11) is 0. The van der Waals surface area contributed by atoms with Gasteiger partial charge in [-0.05, 0) is 108 Å². The van der Waals surface area contributed by atoms with E-state index in [9.17, 15) is 0 Å². The van der Waals surface area contributed by atoms with Gasteiger partial charge in [0.25, 0.3) is 0 Å². The quantitative estimate of drug-likeness (QED) is 0.146. The second kappa shape index (κ2) is 14.0. The van der Waals surface area contributed by atoms with Crippen LogP contribution in [-0.2, 0) is 38.5 Å². The molecule has 0 N–H and O–H groups in total. The largest absolute Gasteiger partial charge is 0.321 e. The van der Waals surface area contributed by atoms with Crippen molar-refractivity contribution >= 4 is 69.3 Å². The highest BCUT2D eigenvalue weighted by molar-refractivity contribution is 5.89. The van der Waals surface area contributed by atoms with Crippen molar-refractivity contribution in [1.82, 2.24) is 59.8 Å². The molecule has 0 saturated carbocycles. The molecule has 360 valence electrons. The van der Waals surface area contributed by atoms with Crippen molar-refractivity contribution in [3.63, 3.8) is 0 Å². The molecule has 12 aliphatic rings. The topological polar surface area (TPSA) is 174 Å². The van der Waals surface area contributed by atoms with Crippen LogP contribution in [0.5, 0.6) is 0 Å². The van der Waals surface area contributed by atoms with E-state index in [4.69, 9.17) is 9.97 Å². The fraction of sp³-hybridized carbons (Fsp3) is 0.263. The maximum atomic E-state index is 4.69. The Kier molecular flexibility index (Phi) is 7.34. The molecular formula is C57H42N18. The normalized spacial score (nSPS) is 26.3. The third kappa shape index (κ3) is 4.82. The zero-order valence-electron chi connectivity index (χ0n) is 40.1. The lowest BCUT2D eigenvalue weighted by Gasteiger charge is -2.29. The van der Waals surface area contributed by atoms with Gasteiger partial charge in [0.1, 0.15) is 65.5 Å². The highest BCUT2D eigenvalue weighted by Crippen LogP contribution is 2.65. The first-order chi connectivity index (χ1) is 37.2. The number of hydrogen-bond acceptors (Lipinski definition) is 18. The SMILES string of the molecule is c1cc2c(cn1)CC1C3c4c(ncnc4N4c5ccncc5CC34)N21.c1cc2c(cn1)N1c3ncnc4c3C(C1C2)C1Cc2ccncc2N41.c1cnc2c(c1)CC1C3c4c(ncnc4N4c5ncccc5CC34)N21. The van der Waals surface area contributed by atoms with Gasteiger partial charge in [0.15, 0.2) is 0 Å². The molecule has 0 aromatic carbocycles. The average Bonchev–Trinajstić information content (AvgIpc) is 4.32. The van der Waals surface area contributed by atoms with Crippen LogP contribution in [0.1, 0.15) is 67.8 Å². The number of rotatable bonds is 0. The summed E-state index contributed by atoms with van der Waals surface area (Å²) in [5, 5.41) is 0. The first kappa shape index (κ1) is 39.5. The number of fused-ring (bicyclic) bond motifs is 30. The molecule has 6 unspecified atom stereocenters. The monoisotopic (exact) mass is 978 g/mol. The lowest BCUT2D eigenvalue weighted by atomic mass is 9.87. The number of anilines is 12. The predicted octanol–water partition coefficient (Wildman–Crippen LogP) is 7.51. The van der Waals surface area contributed by atoms with E-state index in [2.05, 4.69) is 116 Å². The summed E-state index contributed by atoms with van der Waals surface area (Å²) in [5.74, 6) is 9.86. The van der Waals surface area contributed by atoms with Crippen LogP contribution < -0.4 is 29.4 Å². The van der Waals surface area contributed by atoms with Gasteiger partial charge in [-0.1, -0.05) is 12.1 Å². The van der Waals surface area contributed by atoms with Crippen LogP contribution in [0, 0.1) is 0 Å². The zero-order valence-corrected chi connectivity index (χ0v) is 40.1. The van der Waals surface area contributed by atoms with Crippen molar-refractivity contribution in [3.8, 4) is 0 Å². The van der Waals surface area contributed by atoms with E-state index in [1.54, 1.807) is 19.0 Å². The van der Waals surface area contributed by atoms with Crippen LogP contribution in [0.2, 0.25) is 0 Å². The summed E-state index contributed by atoms with van der Waals surface area (Å²) in [4.78, 5) is 69.1. The maximum absolute atomic E-state index is 4.69. The van der Waals surface area contributed by atoms with E-state index in [0.29, 0.717) is 54.0 Å². The predicted molar refractivity (Wildman–Crippen MR) is 278 cm³/mol. The summed E-state index contributed by atoms with van der Waals surface area (Å²) in [6, 6.07) is 19.4. The number of hydrogen-bond donors (Lipinski definition) is 0.